The fourth-order valence-electron chi connectivity index (χ4n) is 7.86. The molecule has 9 nitrogen and oxygen atoms in total. The molecule has 8 aromatic rings. The van der Waals surface area contributed by atoms with Crippen molar-refractivity contribution < 1.29 is 24.5 Å². The maximum absolute atomic E-state index is 13.7. The van der Waals surface area contributed by atoms with Crippen molar-refractivity contribution in [3.63, 3.8) is 0 Å². The second kappa shape index (κ2) is 18.3. The van der Waals surface area contributed by atoms with E-state index in [0.717, 1.165) is 53.2 Å². The van der Waals surface area contributed by atoms with Crippen LogP contribution >= 0.6 is 45.9 Å². The molecule has 4 aromatic carbocycles. The third-order valence-corrected chi connectivity index (χ3v) is 14.0. The fraction of sp³-hybridized carbons (Fsp3) is 0.264. The van der Waals surface area contributed by atoms with Crippen molar-refractivity contribution in [1.82, 2.24) is 19.6 Å². The van der Waals surface area contributed by atoms with Crippen LogP contribution in [0, 0.1) is 0 Å². The largest absolute Gasteiger partial charge is 0.509 e. The lowest BCUT2D eigenvalue weighted by atomic mass is 9.93. The molecule has 0 fully saturated rings. The van der Waals surface area contributed by atoms with E-state index in [1.165, 1.54) is 0 Å². The number of nitrogens with zero attached hydrogens (tertiary/aromatic N) is 4. The van der Waals surface area contributed by atoms with Crippen molar-refractivity contribution in [1.29, 1.82) is 0 Å². The number of benzene rings is 4. The van der Waals surface area contributed by atoms with Gasteiger partial charge in [-0.05, 0) is 138 Å². The number of aliphatic hydroxyl groups is 2. The van der Waals surface area contributed by atoms with Crippen LogP contribution in [0.3, 0.4) is 0 Å². The van der Waals surface area contributed by atoms with E-state index >= 15 is 0 Å². The molecule has 0 spiro atoms. The van der Waals surface area contributed by atoms with E-state index in [1.54, 1.807) is 59.7 Å². The molecule has 0 aliphatic heterocycles. The van der Waals surface area contributed by atoms with E-state index in [0.29, 0.717) is 45.6 Å². The quantitative estimate of drug-likeness (QED) is 0.104. The summed E-state index contributed by atoms with van der Waals surface area (Å²) in [5.74, 6) is 0. The Labute approximate surface area is 403 Å². The Kier molecular flexibility index (Phi) is 13.0. The Morgan fingerprint density at radius 3 is 1.26 bits per heavy atom. The summed E-state index contributed by atoms with van der Waals surface area (Å²) in [5.41, 5.74) is 4.01. The lowest BCUT2D eigenvalue weighted by Gasteiger charge is -2.30. The average molecular weight is 960 g/mol. The van der Waals surface area contributed by atoms with Gasteiger partial charge < -0.3 is 19.7 Å². The number of para-hydroxylation sites is 2. The first-order valence-corrected chi connectivity index (χ1v) is 24.0. The molecule has 340 valence electrons. The number of aromatic nitrogens is 4. The normalized spacial score (nSPS) is 12.4. The van der Waals surface area contributed by atoms with Crippen molar-refractivity contribution >= 4 is 52.0 Å². The SMILES string of the molecule is CC(C)(Cc1ccccc1-c1ccc(-c2cc(C(C)(C)O)nn2-c2ccccc2Cl)s1)OC(=O)OC(C)(C)Cc1ccccc1-c1ccc(-c2cc(C(C)(C)O)nn2-c2ccccc2Cl)s1. The van der Waals surface area contributed by atoms with Crippen molar-refractivity contribution in [3.05, 3.63) is 166 Å². The monoisotopic (exact) mass is 958 g/mol. The van der Waals surface area contributed by atoms with Gasteiger partial charge in [-0.3, -0.25) is 0 Å². The Morgan fingerprint density at radius 1 is 0.530 bits per heavy atom. The van der Waals surface area contributed by atoms with Crippen LogP contribution in [0.4, 0.5) is 4.79 Å². The standard InChI is InChI=1S/C53H52Cl2N4O5S2/c1-50(2,31-33-17-9-11-19-35(33)43-25-27-45(65-43)41-29-47(52(5,6)61)56-58(41)39-23-15-13-21-37(39)54)63-49(60)64-51(3,4)32-34-18-10-12-20-36(34)44-26-28-46(66-44)42-30-48(53(7,8)62)57-59(42)40-24-16-14-22-38(40)55/h9-30,61-62H,31-32H2,1-8H3. The van der Waals surface area contributed by atoms with E-state index in [4.69, 9.17) is 42.9 Å². The van der Waals surface area contributed by atoms with Gasteiger partial charge in [0.05, 0.1) is 54.0 Å². The number of carbonyl (C=O) groups excluding carboxylic acids is 1. The topological polar surface area (TPSA) is 112 Å². The molecule has 4 aromatic heterocycles. The maximum atomic E-state index is 13.7. The summed E-state index contributed by atoms with van der Waals surface area (Å²) in [7, 11) is 0. The molecular formula is C53H52Cl2N4O5S2. The number of hydrogen-bond acceptors (Lipinski definition) is 9. The Morgan fingerprint density at radius 2 is 0.879 bits per heavy atom. The van der Waals surface area contributed by atoms with Crippen LogP contribution in [0.1, 0.15) is 77.9 Å². The highest BCUT2D eigenvalue weighted by atomic mass is 35.5. The maximum Gasteiger partial charge on any atom is 0.509 e. The van der Waals surface area contributed by atoms with Crippen LogP contribution in [-0.2, 0) is 33.5 Å². The third-order valence-electron chi connectivity index (χ3n) is 11.1. The highest BCUT2D eigenvalue weighted by molar-refractivity contribution is 7.19. The number of thiophene rings is 2. The van der Waals surface area contributed by atoms with Gasteiger partial charge in [0.25, 0.3) is 0 Å². The third kappa shape index (κ3) is 10.4. The van der Waals surface area contributed by atoms with E-state index in [1.807, 2.05) is 113 Å². The smallest absolute Gasteiger partial charge is 0.428 e. The van der Waals surface area contributed by atoms with Crippen molar-refractivity contribution in [3.8, 4) is 53.4 Å². The second-order valence-corrected chi connectivity index (χ2v) is 21.6. The van der Waals surface area contributed by atoms with Gasteiger partial charge >= 0.3 is 6.16 Å². The van der Waals surface area contributed by atoms with Crippen LogP contribution in [0.5, 0.6) is 0 Å². The van der Waals surface area contributed by atoms with Gasteiger partial charge in [-0.25, -0.2) is 14.2 Å². The molecule has 0 aliphatic carbocycles. The van der Waals surface area contributed by atoms with Crippen LogP contribution in [0.2, 0.25) is 10.0 Å². The van der Waals surface area contributed by atoms with E-state index in [9.17, 15) is 15.0 Å². The van der Waals surface area contributed by atoms with Gasteiger partial charge in [-0.2, -0.15) is 10.2 Å². The van der Waals surface area contributed by atoms with Crippen molar-refractivity contribution in [2.45, 2.75) is 90.6 Å². The summed E-state index contributed by atoms with van der Waals surface area (Å²) in [6, 6.07) is 43.3. The van der Waals surface area contributed by atoms with Crippen LogP contribution in [0.25, 0.3) is 53.4 Å². The molecule has 0 saturated heterocycles. The lowest BCUT2D eigenvalue weighted by Crippen LogP contribution is -2.36. The lowest BCUT2D eigenvalue weighted by molar-refractivity contribution is -0.0581. The van der Waals surface area contributed by atoms with Crippen LogP contribution < -0.4 is 0 Å². The van der Waals surface area contributed by atoms with E-state index < -0.39 is 28.6 Å². The molecule has 2 N–H and O–H groups in total. The first-order chi connectivity index (χ1) is 31.2. The highest BCUT2D eigenvalue weighted by Gasteiger charge is 2.32. The second-order valence-electron chi connectivity index (χ2n) is 18.6. The van der Waals surface area contributed by atoms with E-state index in [2.05, 4.69) is 48.5 Å². The molecule has 0 amide bonds. The minimum absolute atomic E-state index is 0.433. The van der Waals surface area contributed by atoms with Gasteiger partial charge in [0.15, 0.2) is 0 Å². The van der Waals surface area contributed by atoms with Crippen LogP contribution in [-0.4, -0.2) is 47.1 Å². The zero-order valence-corrected chi connectivity index (χ0v) is 41.2. The molecule has 0 saturated carbocycles. The molecular weight excluding hydrogens is 908 g/mol. The minimum atomic E-state index is -1.16. The number of hydrogen-bond donors (Lipinski definition) is 2. The molecule has 8 rings (SSSR count). The summed E-state index contributed by atoms with van der Waals surface area (Å²) in [4.78, 5) is 17.6. The molecule has 0 aliphatic rings. The number of rotatable bonds is 14. The minimum Gasteiger partial charge on any atom is -0.428 e. The molecule has 0 radical (unpaired) electrons. The number of halogens is 2. The number of ether oxygens (including phenoxy) is 2. The van der Waals surface area contributed by atoms with Gasteiger partial charge in [0, 0.05) is 22.6 Å². The molecule has 4 heterocycles. The van der Waals surface area contributed by atoms with Crippen LogP contribution in [0.15, 0.2) is 133 Å². The Bertz CT molecular complexity index is 2840. The molecule has 66 heavy (non-hydrogen) atoms. The summed E-state index contributed by atoms with van der Waals surface area (Å²) in [6.07, 6.45) is 0.119. The molecule has 0 unspecified atom stereocenters. The zero-order valence-electron chi connectivity index (χ0n) is 38.1. The number of carbonyl (C=O) groups is 1. The van der Waals surface area contributed by atoms with Crippen molar-refractivity contribution in [2.24, 2.45) is 0 Å². The van der Waals surface area contributed by atoms with Gasteiger partial charge in [-0.1, -0.05) is 96.0 Å². The summed E-state index contributed by atoms with van der Waals surface area (Å²) in [5, 5.41) is 32.4. The summed E-state index contributed by atoms with van der Waals surface area (Å²) in [6.45, 7) is 14.4. The Balaban J connectivity index is 0.977. The average Bonchev–Trinajstić information content (AvgIpc) is 4.07. The molecule has 0 bridgehead atoms. The zero-order chi connectivity index (χ0) is 47.2. The van der Waals surface area contributed by atoms with Gasteiger partial charge in [0.2, 0.25) is 0 Å². The van der Waals surface area contributed by atoms with Gasteiger partial charge in [0.1, 0.15) is 22.4 Å². The fourth-order valence-corrected chi connectivity index (χ4v) is 10.4. The summed E-state index contributed by atoms with van der Waals surface area (Å²) >= 11 is 16.5. The first-order valence-electron chi connectivity index (χ1n) is 21.6. The molecule has 0 atom stereocenters. The molecule has 13 heteroatoms. The van der Waals surface area contributed by atoms with Crippen molar-refractivity contribution in [2.75, 3.05) is 0 Å². The summed E-state index contributed by atoms with van der Waals surface area (Å²) < 4.78 is 15.8. The van der Waals surface area contributed by atoms with Gasteiger partial charge in [-0.15, -0.1) is 22.7 Å². The highest BCUT2D eigenvalue weighted by Crippen LogP contribution is 2.42. The van der Waals surface area contributed by atoms with E-state index in [-0.39, 0.29) is 0 Å². The Hall–Kier alpha value is -5.53. The predicted octanol–water partition coefficient (Wildman–Crippen LogP) is 14.1. The predicted molar refractivity (Wildman–Crippen MR) is 268 cm³/mol. The first kappa shape index (κ1) is 47.0.